The van der Waals surface area contributed by atoms with Crippen LogP contribution in [0.25, 0.3) is 11.1 Å². The summed E-state index contributed by atoms with van der Waals surface area (Å²) < 4.78 is 0. The van der Waals surface area contributed by atoms with E-state index in [2.05, 4.69) is 4.98 Å². The maximum atomic E-state index is 12.4. The van der Waals surface area contributed by atoms with Gasteiger partial charge in [-0.05, 0) is 22.8 Å². The summed E-state index contributed by atoms with van der Waals surface area (Å²) in [5.41, 5.74) is 3.17. The number of nitrogens with zero attached hydrogens (tertiary/aromatic N) is 3. The number of benzene rings is 1. The highest BCUT2D eigenvalue weighted by molar-refractivity contribution is 5.79. The van der Waals surface area contributed by atoms with E-state index < -0.39 is 0 Å². The largest absolute Gasteiger partial charge is 0.394 e. The van der Waals surface area contributed by atoms with Crippen molar-refractivity contribution in [1.82, 2.24) is 14.8 Å². The van der Waals surface area contributed by atoms with Crippen molar-refractivity contribution in [2.75, 3.05) is 20.2 Å². The number of hydrogen-bond donors (Lipinski definition) is 1. The molecule has 0 spiro atoms. The summed E-state index contributed by atoms with van der Waals surface area (Å²) in [5, 5.41) is 9.94. The molecule has 1 aliphatic rings. The summed E-state index contributed by atoms with van der Waals surface area (Å²) in [5.74, 6) is -0.0449. The lowest BCUT2D eigenvalue weighted by Gasteiger charge is -2.55. The average molecular weight is 381 g/mol. The molecule has 28 heavy (non-hydrogen) atoms. The Bertz CT molecular complexity index is 823. The third kappa shape index (κ3) is 3.78. The van der Waals surface area contributed by atoms with Crippen LogP contribution in [-0.2, 0) is 9.59 Å². The highest BCUT2D eigenvalue weighted by atomic mass is 16.3. The lowest BCUT2D eigenvalue weighted by Crippen LogP contribution is -2.68. The molecule has 1 N–H and O–H groups in total. The second-order valence-corrected chi connectivity index (χ2v) is 7.26. The van der Waals surface area contributed by atoms with Crippen LogP contribution in [0.3, 0.4) is 0 Å². The normalized spacial score (nSPS) is 21.1. The average Bonchev–Trinajstić information content (AvgIpc) is 2.71. The Morgan fingerprint density at radius 2 is 1.86 bits per heavy atom. The number of rotatable bonds is 6. The molecule has 1 aromatic heterocycles. The second-order valence-electron chi connectivity index (χ2n) is 7.26. The minimum absolute atomic E-state index is 0.00392. The van der Waals surface area contributed by atoms with Crippen molar-refractivity contribution in [1.29, 1.82) is 0 Å². The topological polar surface area (TPSA) is 73.7 Å². The standard InChI is InChI=1S/C22H27N3O3/c1-4-21(28)25-19(13-24(3)15(2)27)22(20(25)14-26)17-9-7-16(8-10-17)18-6-5-11-23-12-18/h5-12,19-20,22,26H,4,13-14H2,1-3H3/t19-,20+,22+/m1/s1. The van der Waals surface area contributed by atoms with Crippen molar-refractivity contribution in [2.45, 2.75) is 38.3 Å². The Labute approximate surface area is 165 Å². The van der Waals surface area contributed by atoms with Crippen molar-refractivity contribution < 1.29 is 14.7 Å². The van der Waals surface area contributed by atoms with E-state index in [4.69, 9.17) is 0 Å². The molecule has 0 radical (unpaired) electrons. The third-order valence-corrected chi connectivity index (χ3v) is 5.61. The Kier molecular flexibility index (Phi) is 6.09. The maximum Gasteiger partial charge on any atom is 0.222 e. The number of aromatic nitrogens is 1. The molecule has 3 rings (SSSR count). The minimum Gasteiger partial charge on any atom is -0.394 e. The van der Waals surface area contributed by atoms with Gasteiger partial charge in [-0.2, -0.15) is 0 Å². The third-order valence-electron chi connectivity index (χ3n) is 5.61. The van der Waals surface area contributed by atoms with Crippen molar-refractivity contribution in [3.63, 3.8) is 0 Å². The first-order chi connectivity index (χ1) is 13.5. The summed E-state index contributed by atoms with van der Waals surface area (Å²) in [6.07, 6.45) is 3.94. The molecule has 2 heterocycles. The predicted molar refractivity (Wildman–Crippen MR) is 108 cm³/mol. The van der Waals surface area contributed by atoms with Crippen LogP contribution in [0.15, 0.2) is 48.8 Å². The monoisotopic (exact) mass is 381 g/mol. The van der Waals surface area contributed by atoms with E-state index in [1.807, 2.05) is 49.5 Å². The van der Waals surface area contributed by atoms with Gasteiger partial charge < -0.3 is 14.9 Å². The SMILES string of the molecule is CCC(=O)N1[C@H](CN(C)C(C)=O)[C@H](c2ccc(-c3cccnc3)cc2)[C@@H]1CO. The molecule has 0 bridgehead atoms. The van der Waals surface area contributed by atoms with Gasteiger partial charge in [0.25, 0.3) is 0 Å². The van der Waals surface area contributed by atoms with Crippen LogP contribution in [-0.4, -0.2) is 64.0 Å². The number of carbonyl (C=O) groups is 2. The number of likely N-dealkylation sites (N-methyl/N-ethyl adjacent to an activating group) is 1. The van der Waals surface area contributed by atoms with Gasteiger partial charge >= 0.3 is 0 Å². The van der Waals surface area contributed by atoms with E-state index in [1.54, 1.807) is 23.0 Å². The predicted octanol–water partition coefficient (Wildman–Crippen LogP) is 2.29. The highest BCUT2D eigenvalue weighted by Crippen LogP contribution is 2.41. The zero-order chi connectivity index (χ0) is 20.3. The van der Waals surface area contributed by atoms with Crippen LogP contribution < -0.4 is 0 Å². The maximum absolute atomic E-state index is 12.4. The van der Waals surface area contributed by atoms with E-state index in [0.29, 0.717) is 13.0 Å². The summed E-state index contributed by atoms with van der Waals surface area (Å²) in [7, 11) is 1.74. The van der Waals surface area contributed by atoms with Gasteiger partial charge in [0.05, 0.1) is 18.7 Å². The number of amides is 2. The van der Waals surface area contributed by atoms with Gasteiger partial charge in [0, 0.05) is 45.2 Å². The number of likely N-dealkylation sites (tertiary alicyclic amines) is 1. The van der Waals surface area contributed by atoms with Crippen LogP contribution >= 0.6 is 0 Å². The summed E-state index contributed by atoms with van der Waals surface area (Å²) in [6.45, 7) is 3.69. The van der Waals surface area contributed by atoms with Gasteiger partial charge in [0.15, 0.2) is 0 Å². The fraction of sp³-hybridized carbons (Fsp3) is 0.409. The minimum atomic E-state index is -0.262. The molecule has 1 saturated heterocycles. The molecule has 6 nitrogen and oxygen atoms in total. The van der Waals surface area contributed by atoms with Crippen LogP contribution in [0.5, 0.6) is 0 Å². The molecule has 0 aliphatic carbocycles. The molecular formula is C22H27N3O3. The molecule has 1 fully saturated rings. The molecule has 0 saturated carbocycles. The second kappa shape index (κ2) is 8.52. The Morgan fingerprint density at radius 3 is 2.39 bits per heavy atom. The molecule has 3 atom stereocenters. The van der Waals surface area contributed by atoms with Gasteiger partial charge in [-0.25, -0.2) is 0 Å². The first kappa shape index (κ1) is 20.0. The van der Waals surface area contributed by atoms with Crippen molar-refractivity contribution >= 4 is 11.8 Å². The summed E-state index contributed by atoms with van der Waals surface area (Å²) >= 11 is 0. The Hall–Kier alpha value is -2.73. The smallest absolute Gasteiger partial charge is 0.222 e. The van der Waals surface area contributed by atoms with Crippen molar-refractivity contribution in [2.24, 2.45) is 0 Å². The molecular weight excluding hydrogens is 354 g/mol. The Morgan fingerprint density at radius 1 is 1.14 bits per heavy atom. The van der Waals surface area contributed by atoms with Crippen LogP contribution in [0, 0.1) is 0 Å². The fourth-order valence-corrected chi connectivity index (χ4v) is 3.99. The number of carbonyl (C=O) groups excluding carboxylic acids is 2. The summed E-state index contributed by atoms with van der Waals surface area (Å²) in [6, 6.07) is 11.7. The van der Waals surface area contributed by atoms with Crippen molar-refractivity contribution in [3.05, 3.63) is 54.4 Å². The van der Waals surface area contributed by atoms with Crippen LogP contribution in [0.4, 0.5) is 0 Å². The Balaban J connectivity index is 1.88. The first-order valence-electron chi connectivity index (χ1n) is 9.62. The van der Waals surface area contributed by atoms with Gasteiger partial charge in [-0.3, -0.25) is 14.6 Å². The molecule has 1 aromatic carbocycles. The number of aliphatic hydroxyl groups excluding tert-OH is 1. The van der Waals surface area contributed by atoms with E-state index in [-0.39, 0.29) is 36.4 Å². The molecule has 0 unspecified atom stereocenters. The van der Waals surface area contributed by atoms with Gasteiger partial charge in [-0.1, -0.05) is 37.3 Å². The first-order valence-corrected chi connectivity index (χ1v) is 9.62. The van der Waals surface area contributed by atoms with Gasteiger partial charge in [0.2, 0.25) is 11.8 Å². The summed E-state index contributed by atoms with van der Waals surface area (Å²) in [4.78, 5) is 31.7. The van der Waals surface area contributed by atoms with Crippen molar-refractivity contribution in [3.8, 4) is 11.1 Å². The molecule has 2 amide bonds. The fourth-order valence-electron chi connectivity index (χ4n) is 3.99. The van der Waals surface area contributed by atoms with Gasteiger partial charge in [0.1, 0.15) is 0 Å². The zero-order valence-electron chi connectivity index (χ0n) is 16.6. The molecule has 148 valence electrons. The number of hydrogen-bond acceptors (Lipinski definition) is 4. The lowest BCUT2D eigenvalue weighted by molar-refractivity contribution is -0.153. The quantitative estimate of drug-likeness (QED) is 0.833. The zero-order valence-corrected chi connectivity index (χ0v) is 16.6. The van der Waals surface area contributed by atoms with E-state index in [9.17, 15) is 14.7 Å². The van der Waals surface area contributed by atoms with E-state index in [0.717, 1.165) is 16.7 Å². The van der Waals surface area contributed by atoms with E-state index in [1.165, 1.54) is 6.92 Å². The molecule has 1 aliphatic heterocycles. The highest BCUT2D eigenvalue weighted by Gasteiger charge is 2.50. The molecule has 6 heteroatoms. The number of aliphatic hydroxyl groups is 1. The lowest BCUT2D eigenvalue weighted by atomic mass is 9.74. The number of pyridine rings is 1. The van der Waals surface area contributed by atoms with Gasteiger partial charge in [-0.15, -0.1) is 0 Å². The van der Waals surface area contributed by atoms with Crippen LogP contribution in [0.2, 0.25) is 0 Å². The van der Waals surface area contributed by atoms with E-state index >= 15 is 0 Å². The van der Waals surface area contributed by atoms with Crippen LogP contribution in [0.1, 0.15) is 31.7 Å². The molecule has 2 aromatic rings.